The van der Waals surface area contributed by atoms with Crippen LogP contribution in [0.3, 0.4) is 0 Å². The predicted molar refractivity (Wildman–Crippen MR) is 156 cm³/mol. The van der Waals surface area contributed by atoms with Crippen LogP contribution >= 0.6 is 11.6 Å². The van der Waals surface area contributed by atoms with Crippen molar-refractivity contribution in [2.45, 2.75) is 37.1 Å². The summed E-state index contributed by atoms with van der Waals surface area (Å²) >= 11 is 6.38. The number of sulfonamides is 1. The summed E-state index contributed by atoms with van der Waals surface area (Å²) in [6.45, 7) is 4.56. The van der Waals surface area contributed by atoms with Gasteiger partial charge in [-0.1, -0.05) is 23.7 Å². The highest BCUT2D eigenvalue weighted by Crippen LogP contribution is 2.34. The lowest BCUT2D eigenvalue weighted by Crippen LogP contribution is -2.51. The molecule has 0 atom stereocenters. The Morgan fingerprint density at radius 1 is 1.10 bits per heavy atom. The molecule has 2 heterocycles. The van der Waals surface area contributed by atoms with Crippen LogP contribution in [0.4, 0.5) is 23.1 Å². The molecule has 1 aliphatic rings. The Bertz CT molecular complexity index is 1520. The first-order valence-corrected chi connectivity index (χ1v) is 14.5. The van der Waals surface area contributed by atoms with Gasteiger partial charge >= 0.3 is 0 Å². The smallest absolute Gasteiger partial charge is 0.244 e. The molecule has 2 aromatic carbocycles. The second kappa shape index (κ2) is 11.6. The third kappa shape index (κ3) is 6.30. The van der Waals surface area contributed by atoms with Gasteiger partial charge in [-0.3, -0.25) is 4.79 Å². The Hall–Kier alpha value is -3.45. The molecule has 0 saturated carbocycles. The number of carbonyl (C=O) groups excluding carboxylic acids is 1. The molecule has 0 unspecified atom stereocenters. The fourth-order valence-electron chi connectivity index (χ4n) is 4.39. The number of rotatable bonds is 8. The molecule has 40 heavy (non-hydrogen) atoms. The number of nitrogens with two attached hydrogens (primary N) is 1. The average Bonchev–Trinajstić information content (AvgIpc) is 3.11. The van der Waals surface area contributed by atoms with Crippen molar-refractivity contribution in [2.75, 3.05) is 44.9 Å². The van der Waals surface area contributed by atoms with Crippen LogP contribution in [0.2, 0.25) is 5.02 Å². The van der Waals surface area contributed by atoms with Gasteiger partial charge in [0.15, 0.2) is 5.82 Å². The van der Waals surface area contributed by atoms with Crippen LogP contribution in [0.1, 0.15) is 25.0 Å². The third-order valence-corrected chi connectivity index (χ3v) is 8.70. The molecule has 0 spiro atoms. The van der Waals surface area contributed by atoms with Gasteiger partial charge in [-0.15, -0.1) is 0 Å². The largest absolute Gasteiger partial charge is 0.495 e. The highest BCUT2D eigenvalue weighted by Gasteiger charge is 2.29. The van der Waals surface area contributed by atoms with E-state index in [-0.39, 0.29) is 27.6 Å². The molecule has 0 saturated heterocycles. The van der Waals surface area contributed by atoms with E-state index in [9.17, 15) is 13.2 Å². The number of nitrogens with zero attached hydrogens (tertiary/aromatic N) is 4. The molecule has 1 amide bonds. The molecule has 0 aliphatic carbocycles. The molecular weight excluding hydrogens is 554 g/mol. The van der Waals surface area contributed by atoms with Crippen LogP contribution in [-0.2, 0) is 27.7 Å². The lowest BCUT2D eigenvalue weighted by atomic mass is 10.0. The van der Waals surface area contributed by atoms with Gasteiger partial charge in [-0.2, -0.15) is 4.98 Å². The molecule has 4 rings (SSSR count). The van der Waals surface area contributed by atoms with Crippen molar-refractivity contribution < 1.29 is 17.9 Å². The van der Waals surface area contributed by atoms with Gasteiger partial charge in [-0.05, 0) is 62.1 Å². The summed E-state index contributed by atoms with van der Waals surface area (Å²) in [5, 5.41) is 6.44. The zero-order valence-electron chi connectivity index (χ0n) is 23.2. The first kappa shape index (κ1) is 29.5. The van der Waals surface area contributed by atoms with Crippen LogP contribution in [0.25, 0.3) is 0 Å². The molecule has 4 N–H and O–H groups in total. The highest BCUT2D eigenvalue weighted by atomic mass is 35.5. The number of hydrogen-bond acceptors (Lipinski definition) is 9. The number of methoxy groups -OCH3 is 1. The van der Waals surface area contributed by atoms with Gasteiger partial charge < -0.3 is 26.0 Å². The number of ether oxygens (including phenoxy) is 1. The van der Waals surface area contributed by atoms with E-state index in [1.54, 1.807) is 44.1 Å². The summed E-state index contributed by atoms with van der Waals surface area (Å²) in [5.74, 6) is 0.967. The Balaban J connectivity index is 1.61. The molecule has 13 heteroatoms. The summed E-state index contributed by atoms with van der Waals surface area (Å²) in [4.78, 5) is 23.4. The van der Waals surface area contributed by atoms with E-state index in [1.807, 2.05) is 12.1 Å². The SMILES string of the molecule is COc1cc2c(cc1Nc1ncc(Cl)c(Nc3ccccc3S(=O)(=O)N(C)C)n1)CCN(C(=O)C(C)(C)N)CC2. The maximum absolute atomic E-state index is 12.8. The van der Waals surface area contributed by atoms with Gasteiger partial charge in [0, 0.05) is 27.2 Å². The monoisotopic (exact) mass is 587 g/mol. The number of benzene rings is 2. The summed E-state index contributed by atoms with van der Waals surface area (Å²) < 4.78 is 32.4. The maximum atomic E-state index is 12.8. The van der Waals surface area contributed by atoms with Crippen molar-refractivity contribution in [1.29, 1.82) is 0 Å². The number of aromatic nitrogens is 2. The predicted octanol–water partition coefficient (Wildman–Crippen LogP) is 3.54. The van der Waals surface area contributed by atoms with Crippen LogP contribution in [0.15, 0.2) is 47.5 Å². The number of para-hydroxylation sites is 1. The normalized spacial score (nSPS) is 13.9. The lowest BCUT2D eigenvalue weighted by Gasteiger charge is -2.28. The molecule has 1 aliphatic heterocycles. The van der Waals surface area contributed by atoms with Crippen molar-refractivity contribution >= 4 is 50.7 Å². The Morgan fingerprint density at radius 3 is 2.38 bits per heavy atom. The minimum absolute atomic E-state index is 0.0832. The van der Waals surface area contributed by atoms with Crippen LogP contribution in [0.5, 0.6) is 5.75 Å². The van der Waals surface area contributed by atoms with Gasteiger partial charge in [0.25, 0.3) is 0 Å². The maximum Gasteiger partial charge on any atom is 0.244 e. The minimum Gasteiger partial charge on any atom is -0.495 e. The van der Waals surface area contributed by atoms with E-state index >= 15 is 0 Å². The molecule has 3 aromatic rings. The minimum atomic E-state index is -3.72. The van der Waals surface area contributed by atoms with Gasteiger partial charge in [0.1, 0.15) is 15.7 Å². The van der Waals surface area contributed by atoms with Crippen LogP contribution in [0, 0.1) is 0 Å². The number of halogens is 1. The van der Waals surface area contributed by atoms with E-state index in [4.69, 9.17) is 22.1 Å². The highest BCUT2D eigenvalue weighted by molar-refractivity contribution is 7.89. The number of anilines is 4. The average molecular weight is 588 g/mol. The Morgan fingerprint density at radius 2 is 1.75 bits per heavy atom. The molecule has 11 nitrogen and oxygen atoms in total. The molecule has 1 aromatic heterocycles. The van der Waals surface area contributed by atoms with E-state index in [2.05, 4.69) is 20.6 Å². The summed E-state index contributed by atoms with van der Waals surface area (Å²) in [5.41, 5.74) is 8.25. The third-order valence-electron chi connectivity index (χ3n) is 6.55. The summed E-state index contributed by atoms with van der Waals surface area (Å²) in [7, 11) is 0.793. The topological polar surface area (TPSA) is 143 Å². The van der Waals surface area contributed by atoms with Crippen molar-refractivity contribution in [3.05, 3.63) is 58.7 Å². The van der Waals surface area contributed by atoms with Crippen molar-refractivity contribution in [3.63, 3.8) is 0 Å². The standard InChI is InChI=1S/C27H34ClN7O4S/c1-27(2,29)25(36)35-12-10-17-14-21(22(39-5)15-18(17)11-13-35)32-26-30-16-19(28)24(33-26)31-20-8-6-7-9-23(20)40(37,38)34(3)4/h6-9,14-16H,10-13,29H2,1-5H3,(H2,30,31,32,33). The second-order valence-corrected chi connectivity index (χ2v) is 12.8. The van der Waals surface area contributed by atoms with Gasteiger partial charge in [-0.25, -0.2) is 17.7 Å². The first-order valence-electron chi connectivity index (χ1n) is 12.7. The molecule has 0 bridgehead atoms. The molecule has 214 valence electrons. The van der Waals surface area contributed by atoms with Crippen molar-refractivity contribution in [1.82, 2.24) is 19.2 Å². The van der Waals surface area contributed by atoms with E-state index in [0.717, 1.165) is 15.4 Å². The number of amides is 1. The summed E-state index contributed by atoms with van der Waals surface area (Å²) in [6, 6.07) is 10.4. The number of carbonyl (C=O) groups is 1. The molecule has 0 radical (unpaired) electrons. The fraction of sp³-hybridized carbons (Fsp3) is 0.370. The zero-order chi connectivity index (χ0) is 29.2. The first-order chi connectivity index (χ1) is 18.8. The number of fused-ring (bicyclic) bond motifs is 1. The van der Waals surface area contributed by atoms with Crippen molar-refractivity contribution in [2.24, 2.45) is 5.73 Å². The number of hydrogen-bond donors (Lipinski definition) is 3. The molecular formula is C27H34ClN7O4S. The van der Waals surface area contributed by atoms with E-state index < -0.39 is 15.6 Å². The van der Waals surface area contributed by atoms with E-state index in [1.165, 1.54) is 26.4 Å². The quantitative estimate of drug-likeness (QED) is 0.360. The Kier molecular flexibility index (Phi) is 8.55. The lowest BCUT2D eigenvalue weighted by molar-refractivity contribution is -0.135. The molecule has 0 fully saturated rings. The second-order valence-electron chi connectivity index (χ2n) is 10.3. The van der Waals surface area contributed by atoms with Crippen LogP contribution < -0.4 is 21.1 Å². The van der Waals surface area contributed by atoms with E-state index in [0.29, 0.717) is 43.1 Å². The van der Waals surface area contributed by atoms with Gasteiger partial charge in [0.05, 0.1) is 30.2 Å². The fourth-order valence-corrected chi connectivity index (χ4v) is 5.57. The van der Waals surface area contributed by atoms with Gasteiger partial charge in [0.2, 0.25) is 21.9 Å². The zero-order valence-corrected chi connectivity index (χ0v) is 24.7. The van der Waals surface area contributed by atoms with Crippen LogP contribution in [-0.4, -0.2) is 73.3 Å². The Labute approximate surface area is 239 Å². The van der Waals surface area contributed by atoms with Crippen molar-refractivity contribution in [3.8, 4) is 5.75 Å². The number of nitrogens with one attached hydrogen (secondary N) is 2. The summed E-state index contributed by atoms with van der Waals surface area (Å²) in [6.07, 6.45) is 2.76.